The zero-order valence-corrected chi connectivity index (χ0v) is 13.3. The highest BCUT2D eigenvalue weighted by Gasteiger charge is 2.31. The largest absolute Gasteiger partial charge is 0.294 e. The molecule has 0 amide bonds. The molecule has 0 radical (unpaired) electrons. The van der Waals surface area contributed by atoms with Crippen molar-refractivity contribution in [2.24, 2.45) is 28.2 Å². The Labute approximate surface area is 119 Å². The molecule has 1 fully saturated rings. The first-order valence-corrected chi connectivity index (χ1v) is 8.21. The minimum absolute atomic E-state index is 0.599. The minimum Gasteiger partial charge on any atom is -0.294 e. The average molecular weight is 261 g/mol. The van der Waals surface area contributed by atoms with Crippen molar-refractivity contribution in [2.45, 2.75) is 66.2 Å². The quantitative estimate of drug-likeness (QED) is 0.485. The Morgan fingerprint density at radius 3 is 2.32 bits per heavy atom. The molecule has 0 spiro atoms. The Morgan fingerprint density at radius 1 is 1.11 bits per heavy atom. The Bertz CT molecular complexity index is 341. The van der Waals surface area contributed by atoms with Crippen molar-refractivity contribution in [2.75, 3.05) is 6.54 Å². The molecule has 19 heavy (non-hydrogen) atoms. The summed E-state index contributed by atoms with van der Waals surface area (Å²) >= 11 is 0. The monoisotopic (exact) mass is 261 g/mol. The third-order valence-electron chi connectivity index (χ3n) is 5.34. The highest BCUT2D eigenvalue weighted by atomic mass is 14.7. The zero-order chi connectivity index (χ0) is 13.9. The first kappa shape index (κ1) is 14.8. The zero-order valence-electron chi connectivity index (χ0n) is 13.3. The third-order valence-corrected chi connectivity index (χ3v) is 5.34. The van der Waals surface area contributed by atoms with Gasteiger partial charge in [-0.05, 0) is 69.6 Å². The maximum Gasteiger partial charge on any atom is 0.0360 e. The average Bonchev–Trinajstić information content (AvgIpc) is 2.39. The second-order valence-corrected chi connectivity index (χ2v) is 7.35. The predicted molar refractivity (Wildman–Crippen MR) is 84.7 cm³/mol. The lowest BCUT2D eigenvalue weighted by Gasteiger charge is -2.38. The summed E-state index contributed by atoms with van der Waals surface area (Å²) in [5.74, 6) is 2.42. The van der Waals surface area contributed by atoms with Crippen molar-refractivity contribution in [3.63, 3.8) is 0 Å². The van der Waals surface area contributed by atoms with Crippen LogP contribution >= 0.6 is 0 Å². The van der Waals surface area contributed by atoms with E-state index >= 15 is 0 Å². The Hall–Kier alpha value is -0.590. The number of nitrogens with zero attached hydrogens (tertiary/aromatic N) is 1. The number of rotatable bonds is 3. The molecule has 0 aromatic rings. The molecular formula is C18H31N. The van der Waals surface area contributed by atoms with E-state index in [0.29, 0.717) is 11.3 Å². The molecule has 0 saturated heterocycles. The molecule has 1 nitrogen and oxygen atoms in total. The topological polar surface area (TPSA) is 12.4 Å². The van der Waals surface area contributed by atoms with Crippen LogP contribution in [0.4, 0.5) is 0 Å². The summed E-state index contributed by atoms with van der Waals surface area (Å²) in [5, 5.41) is 0. The molecule has 0 bridgehead atoms. The van der Waals surface area contributed by atoms with Crippen LogP contribution in [0.3, 0.4) is 0 Å². The van der Waals surface area contributed by atoms with Crippen molar-refractivity contribution < 1.29 is 0 Å². The van der Waals surface area contributed by atoms with E-state index in [2.05, 4.69) is 44.8 Å². The summed E-state index contributed by atoms with van der Waals surface area (Å²) in [5.41, 5.74) is 1.93. The van der Waals surface area contributed by atoms with Crippen LogP contribution in [0, 0.1) is 23.2 Å². The van der Waals surface area contributed by atoms with Crippen molar-refractivity contribution in [1.82, 2.24) is 0 Å². The molecular weight excluding hydrogens is 230 g/mol. The number of hydrogen-bond acceptors (Lipinski definition) is 1. The highest BCUT2D eigenvalue weighted by molar-refractivity contribution is 5.86. The van der Waals surface area contributed by atoms with Crippen LogP contribution in [0.1, 0.15) is 66.2 Å². The van der Waals surface area contributed by atoms with E-state index < -0.39 is 0 Å². The van der Waals surface area contributed by atoms with Gasteiger partial charge in [0.05, 0.1) is 0 Å². The Morgan fingerprint density at radius 2 is 1.79 bits per heavy atom. The standard InChI is InChI=1S/C18H31N/c1-5-19-14(2)15-6-8-16(9-7-15)17-10-12-18(3,4)13-11-17/h6,8,15-17H,5,7,9-13H2,1-4H3/b19-14+/t15-,16?/m1/s1. The maximum atomic E-state index is 4.57. The van der Waals surface area contributed by atoms with Gasteiger partial charge in [0, 0.05) is 18.2 Å². The number of allylic oxidation sites excluding steroid dienone is 2. The van der Waals surface area contributed by atoms with Crippen LogP contribution in [0.15, 0.2) is 17.1 Å². The van der Waals surface area contributed by atoms with Crippen LogP contribution in [0.25, 0.3) is 0 Å². The van der Waals surface area contributed by atoms with Crippen molar-refractivity contribution >= 4 is 5.71 Å². The van der Waals surface area contributed by atoms with Gasteiger partial charge in [-0.3, -0.25) is 4.99 Å². The van der Waals surface area contributed by atoms with Gasteiger partial charge in [0.2, 0.25) is 0 Å². The molecule has 1 saturated carbocycles. The molecule has 0 aliphatic heterocycles. The summed E-state index contributed by atoms with van der Waals surface area (Å²) in [6.45, 7) is 10.1. The van der Waals surface area contributed by atoms with E-state index in [1.807, 2.05) is 0 Å². The first-order chi connectivity index (χ1) is 9.02. The summed E-state index contributed by atoms with van der Waals surface area (Å²) in [4.78, 5) is 4.57. The van der Waals surface area contributed by atoms with E-state index in [9.17, 15) is 0 Å². The molecule has 0 aromatic carbocycles. The smallest absolute Gasteiger partial charge is 0.0360 e. The highest BCUT2D eigenvalue weighted by Crippen LogP contribution is 2.43. The molecule has 2 atom stereocenters. The number of aliphatic imine (C=N–C) groups is 1. The summed E-state index contributed by atoms with van der Waals surface area (Å²) < 4.78 is 0. The molecule has 2 aliphatic rings. The first-order valence-electron chi connectivity index (χ1n) is 8.21. The molecule has 1 unspecified atom stereocenters. The normalized spacial score (nSPS) is 32.5. The fourth-order valence-corrected chi connectivity index (χ4v) is 3.80. The van der Waals surface area contributed by atoms with E-state index in [1.54, 1.807) is 0 Å². The van der Waals surface area contributed by atoms with Gasteiger partial charge in [-0.2, -0.15) is 0 Å². The van der Waals surface area contributed by atoms with Gasteiger partial charge in [-0.25, -0.2) is 0 Å². The lowest BCUT2D eigenvalue weighted by Crippen LogP contribution is -2.27. The lowest BCUT2D eigenvalue weighted by molar-refractivity contribution is 0.157. The Kier molecular flexibility index (Phi) is 4.86. The van der Waals surface area contributed by atoms with Gasteiger partial charge in [-0.15, -0.1) is 0 Å². The van der Waals surface area contributed by atoms with Crippen LogP contribution in [0.2, 0.25) is 0 Å². The van der Waals surface area contributed by atoms with Gasteiger partial charge >= 0.3 is 0 Å². The van der Waals surface area contributed by atoms with Crippen LogP contribution in [-0.2, 0) is 0 Å². The van der Waals surface area contributed by atoms with Gasteiger partial charge < -0.3 is 0 Å². The predicted octanol–water partition coefficient (Wildman–Crippen LogP) is 5.27. The molecule has 2 aliphatic carbocycles. The van der Waals surface area contributed by atoms with Crippen molar-refractivity contribution in [3.8, 4) is 0 Å². The second kappa shape index (κ2) is 6.24. The molecule has 0 N–H and O–H groups in total. The van der Waals surface area contributed by atoms with Crippen LogP contribution in [-0.4, -0.2) is 12.3 Å². The van der Waals surface area contributed by atoms with Gasteiger partial charge in [0.25, 0.3) is 0 Å². The van der Waals surface area contributed by atoms with Crippen LogP contribution < -0.4 is 0 Å². The fraction of sp³-hybridized carbons (Fsp3) is 0.833. The molecule has 2 rings (SSSR count). The molecule has 108 valence electrons. The SMILES string of the molecule is CC/N=C(\C)[C@@H]1C=CC(C2CCC(C)(C)CC2)CC1. The molecule has 0 heterocycles. The second-order valence-electron chi connectivity index (χ2n) is 7.35. The van der Waals surface area contributed by atoms with E-state index in [-0.39, 0.29) is 0 Å². The summed E-state index contributed by atoms with van der Waals surface area (Å²) in [6, 6.07) is 0. The van der Waals surface area contributed by atoms with Crippen molar-refractivity contribution in [3.05, 3.63) is 12.2 Å². The van der Waals surface area contributed by atoms with Crippen LogP contribution in [0.5, 0.6) is 0 Å². The number of hydrogen-bond donors (Lipinski definition) is 0. The van der Waals surface area contributed by atoms with E-state index in [4.69, 9.17) is 0 Å². The van der Waals surface area contributed by atoms with Crippen molar-refractivity contribution in [1.29, 1.82) is 0 Å². The molecule has 1 heteroatoms. The van der Waals surface area contributed by atoms with E-state index in [0.717, 1.165) is 18.4 Å². The van der Waals surface area contributed by atoms with Gasteiger partial charge in [0.15, 0.2) is 0 Å². The summed E-state index contributed by atoms with van der Waals surface area (Å²) in [6.07, 6.45) is 13.4. The Balaban J connectivity index is 1.89. The molecule has 0 aromatic heterocycles. The fourth-order valence-electron chi connectivity index (χ4n) is 3.80. The van der Waals surface area contributed by atoms with Gasteiger partial charge in [-0.1, -0.05) is 26.0 Å². The minimum atomic E-state index is 0.599. The van der Waals surface area contributed by atoms with Gasteiger partial charge in [0.1, 0.15) is 0 Å². The maximum absolute atomic E-state index is 4.57. The summed E-state index contributed by atoms with van der Waals surface area (Å²) in [7, 11) is 0. The lowest BCUT2D eigenvalue weighted by atomic mass is 9.67. The van der Waals surface area contributed by atoms with E-state index in [1.165, 1.54) is 44.2 Å². The third kappa shape index (κ3) is 3.94.